The molecule has 1 aromatic rings. The third kappa shape index (κ3) is 1.94. The van der Waals surface area contributed by atoms with Crippen LogP contribution in [0.2, 0.25) is 0 Å². The Kier molecular flexibility index (Phi) is 3.50. The van der Waals surface area contributed by atoms with Crippen molar-refractivity contribution in [2.75, 3.05) is 11.4 Å². The highest BCUT2D eigenvalue weighted by atomic mass is 16.2. The minimum absolute atomic E-state index is 0.357. The molecule has 0 atom stereocenters. The fourth-order valence-corrected chi connectivity index (χ4v) is 2.40. The van der Waals surface area contributed by atoms with E-state index < -0.39 is 0 Å². The van der Waals surface area contributed by atoms with Crippen LogP contribution < -0.4 is 4.90 Å². The second-order valence-corrected chi connectivity index (χ2v) is 4.90. The minimum Gasteiger partial charge on any atom is -0.304 e. The Bertz CT molecular complexity index is 505. The Morgan fingerprint density at radius 2 is 1.83 bits per heavy atom. The highest BCUT2D eigenvalue weighted by Crippen LogP contribution is 2.34. The van der Waals surface area contributed by atoms with Crippen LogP contribution >= 0.6 is 0 Å². The predicted molar refractivity (Wildman–Crippen MR) is 72.1 cm³/mol. The van der Waals surface area contributed by atoms with E-state index in [-0.39, 0.29) is 11.7 Å². The topological polar surface area (TPSA) is 37.4 Å². The van der Waals surface area contributed by atoms with Crippen LogP contribution in [0.4, 0.5) is 5.69 Å². The number of benzene rings is 1. The molecule has 0 aromatic heterocycles. The van der Waals surface area contributed by atoms with Crippen molar-refractivity contribution in [2.24, 2.45) is 0 Å². The molecule has 3 heteroatoms. The number of carbonyl (C=O) groups is 2. The molecule has 0 aliphatic carbocycles. The molecule has 1 aliphatic heterocycles. The average molecular weight is 245 g/mol. The van der Waals surface area contributed by atoms with Gasteiger partial charge in [-0.05, 0) is 37.5 Å². The van der Waals surface area contributed by atoms with Crippen molar-refractivity contribution in [1.29, 1.82) is 0 Å². The molecule has 0 radical (unpaired) electrons. The zero-order valence-electron chi connectivity index (χ0n) is 11.2. The maximum atomic E-state index is 12.0. The molecule has 0 saturated carbocycles. The molecule has 0 unspecified atom stereocenters. The Balaban J connectivity index is 2.37. The van der Waals surface area contributed by atoms with Crippen LogP contribution in [0.5, 0.6) is 0 Å². The van der Waals surface area contributed by atoms with Crippen LogP contribution in [-0.4, -0.2) is 18.2 Å². The molecule has 0 fully saturated rings. The summed E-state index contributed by atoms with van der Waals surface area (Å²) in [6.07, 6.45) is 3.14. The lowest BCUT2D eigenvalue weighted by molar-refractivity contribution is -0.114. The zero-order chi connectivity index (χ0) is 13.3. The van der Waals surface area contributed by atoms with Crippen LogP contribution in [0.1, 0.15) is 47.7 Å². The van der Waals surface area contributed by atoms with Gasteiger partial charge in [-0.3, -0.25) is 9.59 Å². The van der Waals surface area contributed by atoms with Crippen LogP contribution in [-0.2, 0) is 4.79 Å². The van der Waals surface area contributed by atoms with Crippen molar-refractivity contribution in [2.45, 2.75) is 40.0 Å². The van der Waals surface area contributed by atoms with Crippen molar-refractivity contribution in [3.8, 4) is 0 Å². The summed E-state index contributed by atoms with van der Waals surface area (Å²) in [5, 5.41) is 0. The van der Waals surface area contributed by atoms with Gasteiger partial charge in [-0.1, -0.05) is 25.8 Å². The first-order valence-electron chi connectivity index (χ1n) is 6.54. The number of aryl methyl sites for hydroxylation is 1. The summed E-state index contributed by atoms with van der Waals surface area (Å²) in [5.41, 5.74) is 3.57. The Labute approximate surface area is 108 Å². The van der Waals surface area contributed by atoms with Gasteiger partial charge in [0.1, 0.15) is 0 Å². The first kappa shape index (κ1) is 12.8. The van der Waals surface area contributed by atoms with E-state index >= 15 is 0 Å². The van der Waals surface area contributed by atoms with Gasteiger partial charge in [0.2, 0.25) is 0 Å². The monoisotopic (exact) mass is 245 g/mol. The average Bonchev–Trinajstić information content (AvgIpc) is 2.60. The minimum atomic E-state index is -0.366. The van der Waals surface area contributed by atoms with E-state index in [1.807, 2.05) is 19.9 Å². The van der Waals surface area contributed by atoms with E-state index in [0.717, 1.165) is 36.1 Å². The first-order chi connectivity index (χ1) is 8.57. The van der Waals surface area contributed by atoms with Gasteiger partial charge in [0.25, 0.3) is 11.7 Å². The summed E-state index contributed by atoms with van der Waals surface area (Å²) >= 11 is 0. The fourth-order valence-electron chi connectivity index (χ4n) is 2.40. The molecule has 3 nitrogen and oxygen atoms in total. The number of amides is 1. The third-order valence-electron chi connectivity index (χ3n) is 3.64. The van der Waals surface area contributed by atoms with E-state index in [0.29, 0.717) is 12.1 Å². The number of Topliss-reactive ketones (excluding diaryl/α,β-unsaturated/α-hetero) is 1. The number of nitrogens with zero attached hydrogens (tertiary/aromatic N) is 1. The molecule has 0 bridgehead atoms. The largest absolute Gasteiger partial charge is 0.304 e. The lowest BCUT2D eigenvalue weighted by Gasteiger charge is -2.19. The van der Waals surface area contributed by atoms with Gasteiger partial charge >= 0.3 is 0 Å². The number of hydrogen-bond donors (Lipinski definition) is 0. The number of unbranched alkanes of at least 4 members (excludes halogenated alkanes) is 2. The Hall–Kier alpha value is -1.64. The standard InChI is InChI=1S/C15H19NO2/c1-4-5-6-9-16-13-11(3)10(2)7-8-12(13)14(17)15(16)18/h7-8H,4-6,9H2,1-3H3. The van der Waals surface area contributed by atoms with Gasteiger partial charge in [-0.15, -0.1) is 0 Å². The summed E-state index contributed by atoms with van der Waals surface area (Å²) in [6.45, 7) is 6.76. The number of fused-ring (bicyclic) bond motifs is 1. The third-order valence-corrected chi connectivity index (χ3v) is 3.64. The highest BCUT2D eigenvalue weighted by molar-refractivity contribution is 6.52. The van der Waals surface area contributed by atoms with Gasteiger partial charge in [-0.25, -0.2) is 0 Å². The van der Waals surface area contributed by atoms with Crippen LogP contribution in [0, 0.1) is 13.8 Å². The lowest BCUT2D eigenvalue weighted by Crippen LogP contribution is -2.31. The van der Waals surface area contributed by atoms with Gasteiger partial charge < -0.3 is 4.90 Å². The molecule has 1 heterocycles. The molecule has 1 amide bonds. The van der Waals surface area contributed by atoms with Crippen molar-refractivity contribution < 1.29 is 9.59 Å². The molecule has 1 aliphatic rings. The number of hydrogen-bond acceptors (Lipinski definition) is 2. The summed E-state index contributed by atoms with van der Waals surface area (Å²) in [4.78, 5) is 25.6. The maximum Gasteiger partial charge on any atom is 0.299 e. The van der Waals surface area contributed by atoms with Gasteiger partial charge in [-0.2, -0.15) is 0 Å². The second-order valence-electron chi connectivity index (χ2n) is 4.90. The Morgan fingerprint density at radius 3 is 2.50 bits per heavy atom. The Morgan fingerprint density at radius 1 is 1.11 bits per heavy atom. The first-order valence-corrected chi connectivity index (χ1v) is 6.54. The van der Waals surface area contributed by atoms with Crippen LogP contribution in [0.15, 0.2) is 12.1 Å². The normalized spacial score (nSPS) is 14.3. The number of carbonyl (C=O) groups excluding carboxylic acids is 2. The molecule has 2 rings (SSSR count). The van der Waals surface area contributed by atoms with Crippen molar-refractivity contribution in [3.63, 3.8) is 0 Å². The molecular formula is C15H19NO2. The molecule has 1 aromatic carbocycles. The summed E-state index contributed by atoms with van der Waals surface area (Å²) in [5.74, 6) is -0.723. The maximum absolute atomic E-state index is 12.0. The molecular weight excluding hydrogens is 226 g/mol. The lowest BCUT2D eigenvalue weighted by atomic mass is 10.0. The summed E-state index contributed by atoms with van der Waals surface area (Å²) < 4.78 is 0. The number of anilines is 1. The number of ketones is 1. The van der Waals surface area contributed by atoms with Crippen LogP contribution in [0.3, 0.4) is 0 Å². The summed E-state index contributed by atoms with van der Waals surface area (Å²) in [7, 11) is 0. The second kappa shape index (κ2) is 4.92. The smallest absolute Gasteiger partial charge is 0.299 e. The predicted octanol–water partition coefficient (Wildman–Crippen LogP) is 3.02. The fraction of sp³-hybridized carbons (Fsp3) is 0.467. The van der Waals surface area contributed by atoms with Gasteiger partial charge in [0.05, 0.1) is 11.3 Å². The quantitative estimate of drug-likeness (QED) is 0.604. The summed E-state index contributed by atoms with van der Waals surface area (Å²) in [6, 6.07) is 3.69. The van der Waals surface area contributed by atoms with Crippen molar-refractivity contribution >= 4 is 17.4 Å². The van der Waals surface area contributed by atoms with Gasteiger partial charge in [0, 0.05) is 6.54 Å². The van der Waals surface area contributed by atoms with Crippen molar-refractivity contribution in [1.82, 2.24) is 0 Å². The highest BCUT2D eigenvalue weighted by Gasteiger charge is 2.36. The van der Waals surface area contributed by atoms with Crippen LogP contribution in [0.25, 0.3) is 0 Å². The molecule has 0 spiro atoms. The molecule has 0 saturated heterocycles. The van der Waals surface area contributed by atoms with E-state index in [1.165, 1.54) is 0 Å². The molecule has 0 N–H and O–H groups in total. The van der Waals surface area contributed by atoms with E-state index in [9.17, 15) is 9.59 Å². The SMILES string of the molecule is CCCCCN1C(=O)C(=O)c2ccc(C)c(C)c21. The molecule has 18 heavy (non-hydrogen) atoms. The zero-order valence-corrected chi connectivity index (χ0v) is 11.2. The van der Waals surface area contributed by atoms with E-state index in [2.05, 4.69) is 6.92 Å². The van der Waals surface area contributed by atoms with E-state index in [1.54, 1.807) is 11.0 Å². The molecule has 96 valence electrons. The van der Waals surface area contributed by atoms with Gasteiger partial charge in [0.15, 0.2) is 0 Å². The van der Waals surface area contributed by atoms with Crippen molar-refractivity contribution in [3.05, 3.63) is 28.8 Å². The number of rotatable bonds is 4. The van der Waals surface area contributed by atoms with E-state index in [4.69, 9.17) is 0 Å².